The van der Waals surface area contributed by atoms with Crippen molar-refractivity contribution in [1.29, 1.82) is 0 Å². The number of ether oxygens (including phenoxy) is 2. The molecule has 1 aromatic heterocycles. The van der Waals surface area contributed by atoms with Crippen molar-refractivity contribution in [2.45, 2.75) is 39.7 Å². The highest BCUT2D eigenvalue weighted by molar-refractivity contribution is 5.97. The monoisotopic (exact) mass is 429 g/mol. The molecule has 1 N–H and O–H groups in total. The number of hydrogen-bond donors (Lipinski definition) is 1. The van der Waals surface area contributed by atoms with Gasteiger partial charge in [0.1, 0.15) is 17.5 Å². The van der Waals surface area contributed by atoms with Gasteiger partial charge in [-0.05, 0) is 36.8 Å². The van der Waals surface area contributed by atoms with Crippen LogP contribution in [0.5, 0.6) is 11.5 Å². The second kappa shape index (κ2) is 9.85. The maximum absolute atomic E-state index is 13.0. The standard InChI is InChI=1S/C23H31N3O5/c1-14(2)21(23(28)26-10-8-15(3)9-11-26)24-22(27)18-13-20(31-25-18)17-7-6-16(29-4)12-19(17)30-5/h6-7,12-15,21H,8-11H2,1-5H3,(H,24,27)/t21-/m1/s1. The number of nitrogens with one attached hydrogen (secondary N) is 1. The van der Waals surface area contributed by atoms with Gasteiger partial charge in [-0.2, -0.15) is 0 Å². The van der Waals surface area contributed by atoms with Crippen molar-refractivity contribution in [1.82, 2.24) is 15.4 Å². The highest BCUT2D eigenvalue weighted by Crippen LogP contribution is 2.33. The molecule has 2 heterocycles. The number of rotatable bonds is 7. The Bertz CT molecular complexity index is 916. The Morgan fingerprint density at radius 3 is 2.48 bits per heavy atom. The molecule has 2 amide bonds. The molecule has 0 bridgehead atoms. The van der Waals surface area contributed by atoms with E-state index in [1.54, 1.807) is 38.5 Å². The predicted octanol–water partition coefficient (Wildman–Crippen LogP) is 3.37. The van der Waals surface area contributed by atoms with E-state index < -0.39 is 11.9 Å². The molecule has 0 unspecified atom stereocenters. The summed E-state index contributed by atoms with van der Waals surface area (Å²) >= 11 is 0. The van der Waals surface area contributed by atoms with Crippen LogP contribution in [0.25, 0.3) is 11.3 Å². The summed E-state index contributed by atoms with van der Waals surface area (Å²) < 4.78 is 16.0. The molecule has 8 heteroatoms. The van der Waals surface area contributed by atoms with Crippen LogP contribution in [0, 0.1) is 11.8 Å². The minimum Gasteiger partial charge on any atom is -0.497 e. The van der Waals surface area contributed by atoms with E-state index in [0.29, 0.717) is 28.7 Å². The van der Waals surface area contributed by atoms with Crippen LogP contribution in [-0.2, 0) is 4.79 Å². The van der Waals surface area contributed by atoms with Crippen molar-refractivity contribution >= 4 is 11.8 Å². The first-order chi connectivity index (χ1) is 14.8. The van der Waals surface area contributed by atoms with Crippen LogP contribution in [-0.4, -0.2) is 55.2 Å². The Balaban J connectivity index is 1.74. The molecule has 0 aliphatic carbocycles. The SMILES string of the molecule is COc1ccc(-c2cc(C(=O)N[C@@H](C(=O)N3CCC(C)CC3)C(C)C)no2)c(OC)c1. The van der Waals surface area contributed by atoms with E-state index in [1.165, 1.54) is 0 Å². The van der Waals surface area contributed by atoms with Crippen LogP contribution in [0.3, 0.4) is 0 Å². The Morgan fingerprint density at radius 1 is 1.16 bits per heavy atom. The number of likely N-dealkylation sites (tertiary alicyclic amines) is 1. The smallest absolute Gasteiger partial charge is 0.274 e. The third kappa shape index (κ3) is 5.18. The predicted molar refractivity (Wildman–Crippen MR) is 116 cm³/mol. The second-order valence-corrected chi connectivity index (χ2v) is 8.35. The fourth-order valence-corrected chi connectivity index (χ4v) is 3.67. The molecule has 1 fully saturated rings. The van der Waals surface area contributed by atoms with Crippen molar-refractivity contribution in [2.24, 2.45) is 11.8 Å². The summed E-state index contributed by atoms with van der Waals surface area (Å²) in [4.78, 5) is 27.7. The first kappa shape index (κ1) is 22.7. The summed E-state index contributed by atoms with van der Waals surface area (Å²) in [5, 5.41) is 6.75. The van der Waals surface area contributed by atoms with Crippen LogP contribution in [0.2, 0.25) is 0 Å². The van der Waals surface area contributed by atoms with Gasteiger partial charge in [-0.1, -0.05) is 25.9 Å². The van der Waals surface area contributed by atoms with Gasteiger partial charge in [0, 0.05) is 25.2 Å². The van der Waals surface area contributed by atoms with E-state index in [9.17, 15) is 9.59 Å². The number of methoxy groups -OCH3 is 2. The normalized spacial score (nSPS) is 15.6. The summed E-state index contributed by atoms with van der Waals surface area (Å²) in [6.45, 7) is 7.50. The molecular formula is C23H31N3O5. The minimum absolute atomic E-state index is 0.0456. The maximum Gasteiger partial charge on any atom is 0.274 e. The van der Waals surface area contributed by atoms with Gasteiger partial charge < -0.3 is 24.2 Å². The summed E-state index contributed by atoms with van der Waals surface area (Å²) in [5.74, 6) is 1.65. The van der Waals surface area contributed by atoms with Crippen LogP contribution in [0.4, 0.5) is 0 Å². The van der Waals surface area contributed by atoms with E-state index in [1.807, 2.05) is 18.7 Å². The fraction of sp³-hybridized carbons (Fsp3) is 0.522. The lowest BCUT2D eigenvalue weighted by atomic mass is 9.96. The molecule has 2 aromatic rings. The van der Waals surface area contributed by atoms with Gasteiger partial charge in [0.25, 0.3) is 5.91 Å². The largest absolute Gasteiger partial charge is 0.497 e. The topological polar surface area (TPSA) is 93.9 Å². The molecule has 1 aliphatic heterocycles. The van der Waals surface area contributed by atoms with Crippen molar-refractivity contribution in [2.75, 3.05) is 27.3 Å². The number of benzene rings is 1. The number of aromatic nitrogens is 1. The van der Waals surface area contributed by atoms with Gasteiger partial charge in [0.15, 0.2) is 11.5 Å². The van der Waals surface area contributed by atoms with Gasteiger partial charge in [0.2, 0.25) is 5.91 Å². The Hall–Kier alpha value is -3.03. The van der Waals surface area contributed by atoms with E-state index in [-0.39, 0.29) is 17.5 Å². The lowest BCUT2D eigenvalue weighted by Gasteiger charge is -2.34. The van der Waals surface area contributed by atoms with Crippen LogP contribution in [0.15, 0.2) is 28.8 Å². The molecule has 0 radical (unpaired) electrons. The van der Waals surface area contributed by atoms with E-state index in [2.05, 4.69) is 17.4 Å². The van der Waals surface area contributed by atoms with Crippen LogP contribution in [0.1, 0.15) is 44.1 Å². The number of piperidine rings is 1. The zero-order chi connectivity index (χ0) is 22.5. The highest BCUT2D eigenvalue weighted by atomic mass is 16.5. The van der Waals surface area contributed by atoms with Crippen LogP contribution < -0.4 is 14.8 Å². The first-order valence-corrected chi connectivity index (χ1v) is 10.6. The Kier molecular flexibility index (Phi) is 7.20. The number of carbonyl (C=O) groups excluding carboxylic acids is 2. The molecule has 0 spiro atoms. The van der Waals surface area contributed by atoms with Crippen molar-refractivity contribution in [3.8, 4) is 22.8 Å². The number of amides is 2. The molecule has 3 rings (SSSR count). The van der Waals surface area contributed by atoms with E-state index >= 15 is 0 Å². The fourth-order valence-electron chi connectivity index (χ4n) is 3.67. The molecule has 31 heavy (non-hydrogen) atoms. The molecule has 0 saturated carbocycles. The number of hydrogen-bond acceptors (Lipinski definition) is 6. The summed E-state index contributed by atoms with van der Waals surface area (Å²) in [6, 6.07) is 6.20. The number of nitrogens with zero attached hydrogens (tertiary/aromatic N) is 2. The maximum atomic E-state index is 13.0. The lowest BCUT2D eigenvalue weighted by molar-refractivity contribution is -0.135. The van der Waals surface area contributed by atoms with E-state index in [4.69, 9.17) is 14.0 Å². The molecular weight excluding hydrogens is 398 g/mol. The number of carbonyl (C=O) groups is 2. The zero-order valence-corrected chi connectivity index (χ0v) is 18.8. The van der Waals surface area contributed by atoms with Crippen molar-refractivity contribution in [3.05, 3.63) is 30.0 Å². The highest BCUT2D eigenvalue weighted by Gasteiger charge is 2.31. The van der Waals surface area contributed by atoms with Crippen molar-refractivity contribution < 1.29 is 23.6 Å². The molecule has 168 valence electrons. The van der Waals surface area contributed by atoms with Gasteiger partial charge in [0.05, 0.1) is 19.8 Å². The molecule has 1 aliphatic rings. The minimum atomic E-state index is -0.614. The Morgan fingerprint density at radius 2 is 1.87 bits per heavy atom. The lowest BCUT2D eigenvalue weighted by Crippen LogP contribution is -2.52. The van der Waals surface area contributed by atoms with Gasteiger partial charge in [-0.25, -0.2) is 0 Å². The van der Waals surface area contributed by atoms with Gasteiger partial charge >= 0.3 is 0 Å². The molecule has 1 aromatic carbocycles. The quantitative estimate of drug-likeness (QED) is 0.725. The first-order valence-electron chi connectivity index (χ1n) is 10.6. The summed E-state index contributed by atoms with van der Waals surface area (Å²) in [7, 11) is 3.12. The molecule has 1 atom stereocenters. The Labute approximate surface area is 182 Å². The summed E-state index contributed by atoms with van der Waals surface area (Å²) in [6.07, 6.45) is 1.97. The zero-order valence-electron chi connectivity index (χ0n) is 18.8. The second-order valence-electron chi connectivity index (χ2n) is 8.35. The van der Waals surface area contributed by atoms with Crippen LogP contribution >= 0.6 is 0 Å². The average Bonchev–Trinajstić information content (AvgIpc) is 3.26. The molecule has 1 saturated heterocycles. The molecule has 8 nitrogen and oxygen atoms in total. The van der Waals surface area contributed by atoms with Gasteiger partial charge in [-0.3, -0.25) is 9.59 Å². The van der Waals surface area contributed by atoms with Gasteiger partial charge in [-0.15, -0.1) is 0 Å². The third-order valence-electron chi connectivity index (χ3n) is 5.73. The van der Waals surface area contributed by atoms with E-state index in [0.717, 1.165) is 25.9 Å². The average molecular weight is 430 g/mol. The van der Waals surface area contributed by atoms with Crippen molar-refractivity contribution in [3.63, 3.8) is 0 Å². The summed E-state index contributed by atoms with van der Waals surface area (Å²) in [5.41, 5.74) is 0.757. The third-order valence-corrected chi connectivity index (χ3v) is 5.73.